The highest BCUT2D eigenvalue weighted by Crippen LogP contribution is 2.19. The van der Waals surface area contributed by atoms with Crippen LogP contribution in [-0.4, -0.2) is 14.8 Å². The molecule has 0 radical (unpaired) electrons. The Kier molecular flexibility index (Phi) is 5.50. The Morgan fingerprint density at radius 1 is 1.19 bits per heavy atom. The van der Waals surface area contributed by atoms with Crippen molar-refractivity contribution in [3.8, 4) is 0 Å². The molecular formula is C13H25N3. The number of rotatable bonds is 7. The number of hydrogen-bond donors (Lipinski definition) is 0. The van der Waals surface area contributed by atoms with Crippen LogP contribution in [0.1, 0.15) is 65.2 Å². The van der Waals surface area contributed by atoms with E-state index in [0.717, 1.165) is 18.2 Å². The van der Waals surface area contributed by atoms with E-state index in [1.165, 1.54) is 25.7 Å². The van der Waals surface area contributed by atoms with Crippen LogP contribution in [0, 0.1) is 5.92 Å². The summed E-state index contributed by atoms with van der Waals surface area (Å²) in [7, 11) is 0. The average Bonchev–Trinajstić information content (AvgIpc) is 2.66. The molecule has 3 nitrogen and oxygen atoms in total. The number of hydrogen-bond acceptors (Lipinski definition) is 2. The van der Waals surface area contributed by atoms with E-state index in [1.54, 1.807) is 6.33 Å². The maximum atomic E-state index is 4.39. The van der Waals surface area contributed by atoms with Crippen molar-refractivity contribution in [2.24, 2.45) is 5.92 Å². The molecule has 0 aliphatic heterocycles. The molecule has 0 fully saturated rings. The molecule has 1 aromatic rings. The monoisotopic (exact) mass is 223 g/mol. The lowest BCUT2D eigenvalue weighted by Crippen LogP contribution is -2.13. The zero-order valence-electron chi connectivity index (χ0n) is 11.1. The van der Waals surface area contributed by atoms with Crippen LogP contribution in [0.2, 0.25) is 0 Å². The molecule has 0 N–H and O–H groups in total. The largest absolute Gasteiger partial charge is 0.248 e. The van der Waals surface area contributed by atoms with Crippen molar-refractivity contribution in [1.29, 1.82) is 0 Å². The van der Waals surface area contributed by atoms with Crippen LogP contribution in [0.5, 0.6) is 0 Å². The summed E-state index contributed by atoms with van der Waals surface area (Å²) in [6.07, 6.45) is 7.91. The lowest BCUT2D eigenvalue weighted by molar-refractivity contribution is 0.406. The first kappa shape index (κ1) is 13.2. The highest BCUT2D eigenvalue weighted by Gasteiger charge is 2.13. The fourth-order valence-corrected chi connectivity index (χ4v) is 2.27. The second kappa shape index (κ2) is 6.66. The zero-order chi connectivity index (χ0) is 12.0. The minimum Gasteiger partial charge on any atom is -0.248 e. The number of aromatic nitrogens is 3. The fourth-order valence-electron chi connectivity index (χ4n) is 2.27. The van der Waals surface area contributed by atoms with Crippen LogP contribution in [0.4, 0.5) is 0 Å². The molecule has 1 heterocycles. The van der Waals surface area contributed by atoms with E-state index < -0.39 is 0 Å². The number of nitrogens with zero attached hydrogens (tertiary/aromatic N) is 3. The predicted octanol–water partition coefficient (Wildman–Crippen LogP) is 3.62. The summed E-state index contributed by atoms with van der Waals surface area (Å²) in [5.74, 6) is 1.93. The molecule has 0 aromatic carbocycles. The van der Waals surface area contributed by atoms with Crippen molar-refractivity contribution in [2.45, 2.75) is 65.8 Å². The van der Waals surface area contributed by atoms with E-state index in [2.05, 4.69) is 42.5 Å². The second-order valence-electron chi connectivity index (χ2n) is 4.86. The molecule has 0 saturated carbocycles. The van der Waals surface area contributed by atoms with E-state index in [4.69, 9.17) is 0 Å². The van der Waals surface area contributed by atoms with Gasteiger partial charge in [0, 0.05) is 12.5 Å². The zero-order valence-corrected chi connectivity index (χ0v) is 11.1. The summed E-state index contributed by atoms with van der Waals surface area (Å²) in [5, 5.41) is 4.29. The lowest BCUT2D eigenvalue weighted by Gasteiger charge is -2.16. The van der Waals surface area contributed by atoms with Gasteiger partial charge in [-0.15, -0.1) is 0 Å². The molecule has 0 unspecified atom stereocenters. The van der Waals surface area contributed by atoms with Crippen LogP contribution in [0.25, 0.3) is 0 Å². The Morgan fingerprint density at radius 3 is 2.31 bits per heavy atom. The maximum absolute atomic E-state index is 4.39. The van der Waals surface area contributed by atoms with Crippen molar-refractivity contribution < 1.29 is 0 Å². The highest BCUT2D eigenvalue weighted by atomic mass is 15.3. The third-order valence-corrected chi connectivity index (χ3v) is 3.00. The lowest BCUT2D eigenvalue weighted by atomic mass is 9.94. The van der Waals surface area contributed by atoms with Gasteiger partial charge in [-0.1, -0.05) is 39.5 Å². The van der Waals surface area contributed by atoms with Gasteiger partial charge in [0.25, 0.3) is 0 Å². The van der Waals surface area contributed by atoms with Crippen molar-refractivity contribution >= 4 is 0 Å². The summed E-state index contributed by atoms with van der Waals surface area (Å²) >= 11 is 0. The van der Waals surface area contributed by atoms with Crippen molar-refractivity contribution in [1.82, 2.24) is 14.8 Å². The summed E-state index contributed by atoms with van der Waals surface area (Å²) < 4.78 is 2.05. The van der Waals surface area contributed by atoms with Crippen LogP contribution in [0.15, 0.2) is 6.33 Å². The molecule has 1 rings (SSSR count). The molecule has 0 saturated heterocycles. The third kappa shape index (κ3) is 3.62. The van der Waals surface area contributed by atoms with Crippen LogP contribution >= 0.6 is 0 Å². The average molecular weight is 223 g/mol. The highest BCUT2D eigenvalue weighted by molar-refractivity contribution is 4.89. The standard InChI is InChI=1S/C13H25N3/c1-5-7-12(8-6-2)9-13-14-10-15-16(13)11(3)4/h10-12H,5-9H2,1-4H3. The topological polar surface area (TPSA) is 30.7 Å². The minimum atomic E-state index is 0.418. The second-order valence-corrected chi connectivity index (χ2v) is 4.86. The smallest absolute Gasteiger partial charge is 0.138 e. The first-order chi connectivity index (χ1) is 7.69. The van der Waals surface area contributed by atoms with Gasteiger partial charge < -0.3 is 0 Å². The molecule has 1 aromatic heterocycles. The van der Waals surface area contributed by atoms with Gasteiger partial charge in [0.1, 0.15) is 12.2 Å². The summed E-state index contributed by atoms with van der Waals surface area (Å²) in [5.41, 5.74) is 0. The van der Waals surface area contributed by atoms with Crippen molar-refractivity contribution in [2.75, 3.05) is 0 Å². The first-order valence-electron chi connectivity index (χ1n) is 6.57. The Hall–Kier alpha value is -0.860. The predicted molar refractivity (Wildman–Crippen MR) is 67.4 cm³/mol. The Morgan fingerprint density at radius 2 is 1.81 bits per heavy atom. The van der Waals surface area contributed by atoms with E-state index >= 15 is 0 Å². The van der Waals surface area contributed by atoms with Gasteiger partial charge in [0.2, 0.25) is 0 Å². The molecular weight excluding hydrogens is 198 g/mol. The van der Waals surface area contributed by atoms with Crippen molar-refractivity contribution in [3.63, 3.8) is 0 Å². The molecule has 0 atom stereocenters. The molecule has 0 bridgehead atoms. The van der Waals surface area contributed by atoms with Crippen LogP contribution < -0.4 is 0 Å². The van der Waals surface area contributed by atoms with Crippen LogP contribution in [0.3, 0.4) is 0 Å². The molecule has 92 valence electrons. The normalized spacial score (nSPS) is 11.6. The Balaban J connectivity index is 2.64. The van der Waals surface area contributed by atoms with Crippen LogP contribution in [-0.2, 0) is 6.42 Å². The molecule has 0 aliphatic carbocycles. The van der Waals surface area contributed by atoms with Gasteiger partial charge >= 0.3 is 0 Å². The third-order valence-electron chi connectivity index (χ3n) is 3.00. The van der Waals surface area contributed by atoms with Gasteiger partial charge in [0.15, 0.2) is 0 Å². The van der Waals surface area contributed by atoms with Gasteiger partial charge in [-0.25, -0.2) is 9.67 Å². The van der Waals surface area contributed by atoms with E-state index in [1.807, 2.05) is 0 Å². The maximum Gasteiger partial charge on any atom is 0.138 e. The van der Waals surface area contributed by atoms with Gasteiger partial charge in [-0.3, -0.25) is 0 Å². The Bertz CT molecular complexity index is 285. The van der Waals surface area contributed by atoms with Gasteiger partial charge in [-0.2, -0.15) is 5.10 Å². The summed E-state index contributed by atoms with van der Waals surface area (Å²) in [4.78, 5) is 4.39. The molecule has 0 amide bonds. The fraction of sp³-hybridized carbons (Fsp3) is 0.846. The summed E-state index contributed by atoms with van der Waals surface area (Å²) in [6, 6.07) is 0.418. The van der Waals surface area contributed by atoms with E-state index in [9.17, 15) is 0 Å². The van der Waals surface area contributed by atoms with E-state index in [0.29, 0.717) is 6.04 Å². The SMILES string of the molecule is CCCC(CCC)Cc1ncnn1C(C)C. The van der Waals surface area contributed by atoms with Crippen molar-refractivity contribution in [3.05, 3.63) is 12.2 Å². The molecule has 0 aliphatic rings. The van der Waals surface area contributed by atoms with E-state index in [-0.39, 0.29) is 0 Å². The minimum absolute atomic E-state index is 0.418. The first-order valence-corrected chi connectivity index (χ1v) is 6.57. The molecule has 0 spiro atoms. The molecule has 16 heavy (non-hydrogen) atoms. The Labute approximate surface area is 99.3 Å². The van der Waals surface area contributed by atoms with Gasteiger partial charge in [0.05, 0.1) is 0 Å². The summed E-state index contributed by atoms with van der Waals surface area (Å²) in [6.45, 7) is 8.84. The van der Waals surface area contributed by atoms with Gasteiger partial charge in [-0.05, 0) is 19.8 Å². The molecule has 3 heteroatoms. The quantitative estimate of drug-likeness (QED) is 0.707.